The molecule has 1 heteroatoms. The van der Waals surface area contributed by atoms with Crippen LogP contribution in [0.4, 0.5) is 0 Å². The normalized spacial score (nSPS) is 20.1. The average Bonchev–Trinajstić information content (AvgIpc) is 1.64. The van der Waals surface area contributed by atoms with E-state index in [2.05, 4.69) is 0 Å². The molecule has 0 aromatic heterocycles. The summed E-state index contributed by atoms with van der Waals surface area (Å²) in [6, 6.07) is 0. The van der Waals surface area contributed by atoms with Crippen LogP contribution >= 0.6 is 0 Å². The van der Waals surface area contributed by atoms with Crippen LogP contribution in [0.15, 0.2) is 11.0 Å². The Hall–Kier alpha value is -0.195. The van der Waals surface area contributed by atoms with Gasteiger partial charge in [-0.15, -0.1) is 5.47 Å². The Morgan fingerprint density at radius 3 is 2.14 bits per heavy atom. The van der Waals surface area contributed by atoms with Gasteiger partial charge in [-0.2, -0.15) is 0 Å². The molecular formula is C6H11B. The quantitative estimate of drug-likeness (QED) is 0.436. The second-order valence-corrected chi connectivity index (χ2v) is 1.65. The molecule has 0 aromatic carbocycles. The molecule has 0 nitrogen and oxygen atoms in total. The summed E-state index contributed by atoms with van der Waals surface area (Å²) in [4.78, 5) is 0. The zero-order valence-electron chi connectivity index (χ0n) is 6.15. The summed E-state index contributed by atoms with van der Waals surface area (Å²) in [5, 5.41) is 0. The molecule has 0 saturated heterocycles. The summed E-state index contributed by atoms with van der Waals surface area (Å²) in [5.41, 5.74) is 1.73. The van der Waals surface area contributed by atoms with Gasteiger partial charge in [-0.05, 0) is 13.3 Å². The van der Waals surface area contributed by atoms with Crippen molar-refractivity contribution in [1.82, 2.24) is 0 Å². The van der Waals surface area contributed by atoms with E-state index in [1.807, 2.05) is 20.8 Å². The molecule has 7 heavy (non-hydrogen) atoms. The lowest BCUT2D eigenvalue weighted by atomic mass is 9.92. The molecule has 0 fully saturated rings. The van der Waals surface area contributed by atoms with Gasteiger partial charge >= 0.3 is 0 Å². The molecule has 0 bridgehead atoms. The van der Waals surface area contributed by atoms with E-state index >= 15 is 0 Å². The number of rotatable bonds is 1. The van der Waals surface area contributed by atoms with Crippen LogP contribution in [-0.2, 0) is 0 Å². The van der Waals surface area contributed by atoms with Gasteiger partial charge in [-0.3, -0.25) is 0 Å². The van der Waals surface area contributed by atoms with Crippen LogP contribution in [-0.4, -0.2) is 7.85 Å². The summed E-state index contributed by atoms with van der Waals surface area (Å²) in [6.45, 7) is 5.51. The summed E-state index contributed by atoms with van der Waals surface area (Å²) in [5.74, 6) is 0. The summed E-state index contributed by atoms with van der Waals surface area (Å²) in [6.07, 6.45) is -0.153. The molecule has 38 valence electrons. The lowest BCUT2D eigenvalue weighted by Crippen LogP contribution is -1.78. The Balaban J connectivity index is 4.00. The topological polar surface area (TPSA) is 0 Å². The second kappa shape index (κ2) is 2.89. The molecule has 0 spiro atoms. The molecule has 0 amide bonds. The second-order valence-electron chi connectivity index (χ2n) is 1.65. The molecule has 1 unspecified atom stereocenters. The van der Waals surface area contributed by atoms with Crippen molar-refractivity contribution in [2.24, 2.45) is 0 Å². The van der Waals surface area contributed by atoms with Gasteiger partial charge in [-0.1, -0.05) is 19.4 Å². The molecule has 1 atom stereocenters. The molecular weight excluding hydrogens is 82.9 g/mol. The van der Waals surface area contributed by atoms with E-state index in [4.69, 9.17) is 9.22 Å². The van der Waals surface area contributed by atoms with Crippen LogP contribution in [0.2, 0.25) is 0 Å². The monoisotopic (exact) mass is 95.1 g/mol. The van der Waals surface area contributed by atoms with Crippen LogP contribution in [0, 0.1) is 0 Å². The molecule has 0 aliphatic rings. The standard InChI is InChI=1S/C6H11B/c1-4-5(2)6(3)7/h4H2,1-3H3/i4D. The highest BCUT2D eigenvalue weighted by Gasteiger charge is 1.82. The van der Waals surface area contributed by atoms with Gasteiger partial charge in [-0.25, -0.2) is 0 Å². The minimum Gasteiger partial charge on any atom is -0.122 e. The largest absolute Gasteiger partial charge is 0.122 e. The first kappa shape index (κ1) is 4.95. The van der Waals surface area contributed by atoms with Gasteiger partial charge in [0.15, 0.2) is 0 Å². The lowest BCUT2D eigenvalue weighted by Gasteiger charge is -1.95. The molecule has 0 heterocycles. The van der Waals surface area contributed by atoms with Crippen LogP contribution in [0.3, 0.4) is 0 Å². The first-order valence-corrected chi connectivity index (χ1v) is 2.40. The highest BCUT2D eigenvalue weighted by molar-refractivity contribution is 6.21. The third-order valence-corrected chi connectivity index (χ3v) is 1.06. The van der Waals surface area contributed by atoms with Gasteiger partial charge < -0.3 is 0 Å². The van der Waals surface area contributed by atoms with E-state index < -0.39 is 0 Å². The number of hydrogen-bond donors (Lipinski definition) is 0. The fraction of sp³-hybridized carbons (Fsp3) is 0.667. The fourth-order valence-corrected chi connectivity index (χ4v) is 0.228. The van der Waals surface area contributed by atoms with Crippen molar-refractivity contribution in [2.45, 2.75) is 27.2 Å². The molecule has 0 N–H and O–H groups in total. The van der Waals surface area contributed by atoms with E-state index in [1.165, 1.54) is 0 Å². The van der Waals surface area contributed by atoms with Crippen molar-refractivity contribution < 1.29 is 1.37 Å². The molecule has 0 saturated carbocycles. The smallest absolute Gasteiger partial charge is 0.107 e. The predicted molar refractivity (Wildman–Crippen MR) is 34.4 cm³/mol. The highest BCUT2D eigenvalue weighted by Crippen LogP contribution is 2.01. The molecule has 0 aromatic rings. The van der Waals surface area contributed by atoms with E-state index in [0.29, 0.717) is 0 Å². The van der Waals surface area contributed by atoms with Crippen molar-refractivity contribution in [3.8, 4) is 0 Å². The minimum atomic E-state index is -0.153. The maximum Gasteiger partial charge on any atom is 0.107 e. The minimum absolute atomic E-state index is 0.153. The summed E-state index contributed by atoms with van der Waals surface area (Å²) in [7, 11) is 5.40. The average molecular weight is 95.0 g/mol. The van der Waals surface area contributed by atoms with Crippen molar-refractivity contribution in [3.05, 3.63) is 11.0 Å². The maximum absolute atomic E-state index is 7.18. The lowest BCUT2D eigenvalue weighted by molar-refractivity contribution is 1.08. The summed E-state index contributed by atoms with van der Waals surface area (Å²) >= 11 is 0. The van der Waals surface area contributed by atoms with Gasteiger partial charge in [0.1, 0.15) is 7.85 Å². The first-order chi connectivity index (χ1) is 3.55. The van der Waals surface area contributed by atoms with Crippen molar-refractivity contribution in [1.29, 1.82) is 0 Å². The Morgan fingerprint density at radius 1 is 1.71 bits per heavy atom. The zero-order chi connectivity index (χ0) is 6.73. The Kier molecular flexibility index (Phi) is 2.05. The van der Waals surface area contributed by atoms with Crippen LogP contribution in [0.25, 0.3) is 0 Å². The SMILES string of the molecule is [2H]C(C)C(C)=C([B])C. The van der Waals surface area contributed by atoms with Crippen molar-refractivity contribution in [2.75, 3.05) is 0 Å². The first-order valence-electron chi connectivity index (χ1n) is 2.98. The molecule has 0 rings (SSSR count). The van der Waals surface area contributed by atoms with Crippen molar-refractivity contribution >= 4 is 7.85 Å². The van der Waals surface area contributed by atoms with E-state index in [0.717, 1.165) is 11.0 Å². The third-order valence-electron chi connectivity index (χ3n) is 1.06. The van der Waals surface area contributed by atoms with Crippen LogP contribution in [0.5, 0.6) is 0 Å². The van der Waals surface area contributed by atoms with Crippen LogP contribution in [0.1, 0.15) is 28.5 Å². The molecule has 0 aliphatic heterocycles. The van der Waals surface area contributed by atoms with E-state index in [-0.39, 0.29) is 6.40 Å². The molecule has 2 radical (unpaired) electrons. The number of hydrogen-bond acceptors (Lipinski definition) is 0. The Morgan fingerprint density at radius 2 is 2.14 bits per heavy atom. The third kappa shape index (κ3) is 2.49. The highest BCUT2D eigenvalue weighted by atomic mass is 13.9. The van der Waals surface area contributed by atoms with E-state index in [1.54, 1.807) is 0 Å². The number of allylic oxidation sites excluding steroid dienone is 2. The summed E-state index contributed by atoms with van der Waals surface area (Å²) < 4.78 is 7.18. The van der Waals surface area contributed by atoms with E-state index in [9.17, 15) is 0 Å². The fourth-order valence-electron chi connectivity index (χ4n) is 0.228. The zero-order valence-corrected chi connectivity index (χ0v) is 5.15. The molecule has 0 aliphatic carbocycles. The van der Waals surface area contributed by atoms with Crippen molar-refractivity contribution in [3.63, 3.8) is 0 Å². The predicted octanol–water partition coefficient (Wildman–Crippen LogP) is 1.86. The Bertz CT molecular complexity index is 101. The van der Waals surface area contributed by atoms with Crippen LogP contribution < -0.4 is 0 Å². The van der Waals surface area contributed by atoms with Gasteiger partial charge in [0, 0.05) is 1.37 Å². The van der Waals surface area contributed by atoms with Gasteiger partial charge in [0.25, 0.3) is 0 Å². The van der Waals surface area contributed by atoms with Gasteiger partial charge in [0.05, 0.1) is 0 Å². The Labute approximate surface area is 48.4 Å². The maximum atomic E-state index is 7.18. The van der Waals surface area contributed by atoms with Gasteiger partial charge in [0.2, 0.25) is 0 Å².